The minimum Gasteiger partial charge on any atom is -0.493 e. The first-order chi connectivity index (χ1) is 17.3. The normalized spacial score (nSPS) is 15.6. The molecule has 3 heterocycles. The Hall–Kier alpha value is -2.41. The second-order valence-electron chi connectivity index (χ2n) is 8.72. The summed E-state index contributed by atoms with van der Waals surface area (Å²) in [5.41, 5.74) is 1.69. The Bertz CT molecular complexity index is 1380. The molecule has 0 atom stereocenters. The minimum atomic E-state index is -3.75. The van der Waals surface area contributed by atoms with Crippen molar-refractivity contribution in [3.8, 4) is 17.1 Å². The van der Waals surface area contributed by atoms with Crippen molar-refractivity contribution in [2.24, 2.45) is 7.05 Å². The molecule has 0 saturated carbocycles. The number of aromatic amines is 1. The number of benzene rings is 1. The molecule has 196 valence electrons. The summed E-state index contributed by atoms with van der Waals surface area (Å²) in [4.78, 5) is 20.6. The molecule has 0 spiro atoms. The van der Waals surface area contributed by atoms with Gasteiger partial charge in [0.05, 0.1) is 29.4 Å². The van der Waals surface area contributed by atoms with Gasteiger partial charge in [-0.25, -0.2) is 13.4 Å². The van der Waals surface area contributed by atoms with E-state index < -0.39 is 10.0 Å². The zero-order chi connectivity index (χ0) is 25.9. The van der Waals surface area contributed by atoms with Crippen LogP contribution < -0.4 is 10.3 Å². The molecule has 2 aromatic heterocycles. The summed E-state index contributed by atoms with van der Waals surface area (Å²) in [5, 5.41) is 13.9. The Labute approximate surface area is 215 Å². The van der Waals surface area contributed by atoms with Gasteiger partial charge >= 0.3 is 0 Å². The SMILES string of the molecule is CCCc1nn(C)c2c(=O)[nH]c(-c3cc(S(=O)(=O)N4CCC(SCCO)CC4)ccc3OCC)nc12. The number of hydrogen-bond donors (Lipinski definition) is 2. The third kappa shape index (κ3) is 5.31. The van der Waals surface area contributed by atoms with E-state index in [0.717, 1.165) is 25.0 Å². The number of sulfonamides is 1. The van der Waals surface area contributed by atoms with Gasteiger partial charge in [0.2, 0.25) is 10.0 Å². The maximum Gasteiger partial charge on any atom is 0.277 e. The Kier molecular flexibility index (Phi) is 8.38. The molecule has 1 saturated heterocycles. The molecule has 3 aromatic rings. The maximum atomic E-state index is 13.5. The van der Waals surface area contributed by atoms with Crippen LogP contribution in [0.1, 0.15) is 38.8 Å². The molecular weight excluding hydrogens is 502 g/mol. The van der Waals surface area contributed by atoms with Gasteiger partial charge in [0, 0.05) is 31.1 Å². The Morgan fingerprint density at radius 1 is 1.25 bits per heavy atom. The van der Waals surface area contributed by atoms with Crippen molar-refractivity contribution in [3.05, 3.63) is 34.2 Å². The van der Waals surface area contributed by atoms with Crippen molar-refractivity contribution in [1.82, 2.24) is 24.1 Å². The summed E-state index contributed by atoms with van der Waals surface area (Å²) in [7, 11) is -2.04. The molecule has 0 unspecified atom stereocenters. The maximum absolute atomic E-state index is 13.5. The largest absolute Gasteiger partial charge is 0.493 e. The molecule has 12 heteroatoms. The van der Waals surface area contributed by atoms with Crippen molar-refractivity contribution in [2.75, 3.05) is 32.1 Å². The highest BCUT2D eigenvalue weighted by molar-refractivity contribution is 7.99. The molecule has 1 aromatic carbocycles. The van der Waals surface area contributed by atoms with E-state index >= 15 is 0 Å². The van der Waals surface area contributed by atoms with Crippen LogP contribution in [0.15, 0.2) is 27.9 Å². The summed E-state index contributed by atoms with van der Waals surface area (Å²) < 4.78 is 35.8. The van der Waals surface area contributed by atoms with Crippen LogP contribution in [0, 0.1) is 0 Å². The zero-order valence-corrected chi connectivity index (χ0v) is 22.5. The standard InChI is InChI=1S/C24H33N5O5S2/c1-4-6-19-21-22(28(3)27-19)24(31)26-23(25-21)18-15-17(7-8-20(18)34-5-2)36(32,33)29-11-9-16(10-12-29)35-14-13-30/h7-8,15-16,30H,4-6,9-14H2,1-3H3,(H,25,26,31). The van der Waals surface area contributed by atoms with Crippen molar-refractivity contribution in [2.45, 2.75) is 49.7 Å². The molecule has 4 rings (SSSR count). The number of H-pyrrole nitrogens is 1. The zero-order valence-electron chi connectivity index (χ0n) is 20.9. The summed E-state index contributed by atoms with van der Waals surface area (Å²) in [5.74, 6) is 1.35. The summed E-state index contributed by atoms with van der Waals surface area (Å²) in [6.07, 6.45) is 3.00. The van der Waals surface area contributed by atoms with E-state index in [-0.39, 0.29) is 22.9 Å². The Morgan fingerprint density at radius 2 is 2.00 bits per heavy atom. The van der Waals surface area contributed by atoms with E-state index in [1.807, 2.05) is 13.8 Å². The number of piperidine rings is 1. The van der Waals surface area contributed by atoms with Gasteiger partial charge in [-0.15, -0.1) is 0 Å². The lowest BCUT2D eigenvalue weighted by atomic mass is 10.1. The highest BCUT2D eigenvalue weighted by Crippen LogP contribution is 2.33. The first-order valence-corrected chi connectivity index (χ1v) is 14.7. The number of aromatic nitrogens is 4. The van der Waals surface area contributed by atoms with Crippen LogP contribution in [0.4, 0.5) is 0 Å². The number of aryl methyl sites for hydroxylation is 2. The van der Waals surface area contributed by atoms with Gasteiger partial charge in [-0.1, -0.05) is 13.3 Å². The van der Waals surface area contributed by atoms with Crippen LogP contribution in [0.25, 0.3) is 22.4 Å². The predicted molar refractivity (Wildman–Crippen MR) is 141 cm³/mol. The van der Waals surface area contributed by atoms with E-state index in [4.69, 9.17) is 14.8 Å². The average Bonchev–Trinajstić information content (AvgIpc) is 3.19. The van der Waals surface area contributed by atoms with Gasteiger partial charge < -0.3 is 14.8 Å². The molecule has 2 N–H and O–H groups in total. The van der Waals surface area contributed by atoms with Crippen LogP contribution in [0.2, 0.25) is 0 Å². The monoisotopic (exact) mass is 535 g/mol. The van der Waals surface area contributed by atoms with Crippen LogP contribution in [0.3, 0.4) is 0 Å². The molecular formula is C24H33N5O5S2. The van der Waals surface area contributed by atoms with Gasteiger partial charge in [-0.3, -0.25) is 9.48 Å². The lowest BCUT2D eigenvalue weighted by Crippen LogP contribution is -2.39. The second kappa shape index (κ2) is 11.3. The summed E-state index contributed by atoms with van der Waals surface area (Å²) in [6.45, 7) is 5.21. The number of nitrogens with one attached hydrogen (secondary N) is 1. The van der Waals surface area contributed by atoms with Gasteiger partial charge in [-0.05, 0) is 44.4 Å². The molecule has 0 amide bonds. The van der Waals surface area contributed by atoms with Crippen molar-refractivity contribution in [3.63, 3.8) is 0 Å². The summed E-state index contributed by atoms with van der Waals surface area (Å²) in [6, 6.07) is 4.70. The fraction of sp³-hybridized carbons (Fsp3) is 0.542. The highest BCUT2D eigenvalue weighted by atomic mass is 32.2. The molecule has 0 bridgehead atoms. The number of thioether (sulfide) groups is 1. The number of aliphatic hydroxyl groups excluding tert-OH is 1. The third-order valence-corrected chi connectivity index (χ3v) is 9.49. The van der Waals surface area contributed by atoms with Crippen molar-refractivity contribution in [1.29, 1.82) is 0 Å². The van der Waals surface area contributed by atoms with Crippen molar-refractivity contribution < 1.29 is 18.3 Å². The average molecular weight is 536 g/mol. The summed E-state index contributed by atoms with van der Waals surface area (Å²) >= 11 is 1.68. The van der Waals surface area contributed by atoms with E-state index in [2.05, 4.69) is 10.1 Å². The van der Waals surface area contributed by atoms with E-state index in [1.165, 1.54) is 15.1 Å². The van der Waals surface area contributed by atoms with E-state index in [9.17, 15) is 13.2 Å². The lowest BCUT2D eigenvalue weighted by Gasteiger charge is -2.31. The smallest absolute Gasteiger partial charge is 0.277 e. The number of aliphatic hydroxyl groups is 1. The molecule has 36 heavy (non-hydrogen) atoms. The molecule has 0 aliphatic carbocycles. The minimum absolute atomic E-state index is 0.124. The first-order valence-electron chi connectivity index (χ1n) is 12.3. The van der Waals surface area contributed by atoms with Gasteiger partial charge in [0.15, 0.2) is 5.52 Å². The van der Waals surface area contributed by atoms with Crippen molar-refractivity contribution >= 4 is 32.8 Å². The number of rotatable bonds is 10. The van der Waals surface area contributed by atoms with Crippen LogP contribution in [0.5, 0.6) is 5.75 Å². The Morgan fingerprint density at radius 3 is 2.67 bits per heavy atom. The number of hydrogen-bond acceptors (Lipinski definition) is 8. The number of fused-ring (bicyclic) bond motifs is 1. The first kappa shape index (κ1) is 26.6. The molecule has 0 radical (unpaired) electrons. The van der Waals surface area contributed by atoms with E-state index in [0.29, 0.717) is 59.5 Å². The van der Waals surface area contributed by atoms with Gasteiger partial charge in [0.1, 0.15) is 17.1 Å². The number of nitrogens with zero attached hydrogens (tertiary/aromatic N) is 4. The molecule has 1 aliphatic heterocycles. The molecule has 1 aliphatic rings. The Balaban J connectivity index is 1.73. The van der Waals surface area contributed by atoms with Crippen LogP contribution in [-0.2, 0) is 23.5 Å². The molecule has 1 fully saturated rings. The lowest BCUT2D eigenvalue weighted by molar-refractivity contribution is 0.321. The predicted octanol–water partition coefficient (Wildman–Crippen LogP) is 2.55. The second-order valence-corrected chi connectivity index (χ2v) is 12.1. The fourth-order valence-electron chi connectivity index (χ4n) is 4.52. The van der Waals surface area contributed by atoms with Crippen LogP contribution in [-0.4, -0.2) is 74.9 Å². The fourth-order valence-corrected chi connectivity index (χ4v) is 7.00. The number of ether oxygens (including phenoxy) is 1. The van der Waals surface area contributed by atoms with Crippen LogP contribution >= 0.6 is 11.8 Å². The highest BCUT2D eigenvalue weighted by Gasteiger charge is 2.30. The molecule has 10 nitrogen and oxygen atoms in total. The van der Waals surface area contributed by atoms with Gasteiger partial charge in [-0.2, -0.15) is 21.2 Å². The van der Waals surface area contributed by atoms with Gasteiger partial charge in [0.25, 0.3) is 5.56 Å². The quantitative estimate of drug-likeness (QED) is 0.405. The van der Waals surface area contributed by atoms with E-state index in [1.54, 1.807) is 30.9 Å². The third-order valence-electron chi connectivity index (χ3n) is 6.24. The topological polar surface area (TPSA) is 130 Å².